The van der Waals surface area contributed by atoms with Gasteiger partial charge in [0.2, 0.25) is 5.91 Å². The molecule has 0 bridgehead atoms. The Kier molecular flexibility index (Phi) is 5.98. The number of fused-ring (bicyclic) bond motifs is 1. The fourth-order valence-electron chi connectivity index (χ4n) is 4.81. The molecular formula is C23H31N3O2. The summed E-state index contributed by atoms with van der Waals surface area (Å²) in [6.07, 6.45) is 12.0. The maximum absolute atomic E-state index is 12.6. The predicted molar refractivity (Wildman–Crippen MR) is 109 cm³/mol. The number of methoxy groups -OCH3 is 1. The molecule has 0 spiro atoms. The van der Waals surface area contributed by atoms with Gasteiger partial charge in [0.1, 0.15) is 5.75 Å². The summed E-state index contributed by atoms with van der Waals surface area (Å²) in [5, 5.41) is 7.96. The second-order valence-electron chi connectivity index (χ2n) is 8.24. The molecule has 28 heavy (non-hydrogen) atoms. The zero-order valence-corrected chi connectivity index (χ0v) is 16.8. The van der Waals surface area contributed by atoms with Crippen LogP contribution in [0.3, 0.4) is 0 Å². The second kappa shape index (κ2) is 8.80. The van der Waals surface area contributed by atoms with E-state index in [1.54, 1.807) is 7.11 Å². The van der Waals surface area contributed by atoms with Crippen molar-refractivity contribution in [3.63, 3.8) is 0 Å². The number of amides is 1. The molecule has 1 N–H and O–H groups in total. The highest BCUT2D eigenvalue weighted by molar-refractivity contribution is 5.76. The Bertz CT molecular complexity index is 808. The summed E-state index contributed by atoms with van der Waals surface area (Å²) in [7, 11) is 1.70. The van der Waals surface area contributed by atoms with Gasteiger partial charge in [-0.05, 0) is 44.1 Å². The predicted octanol–water partition coefficient (Wildman–Crippen LogP) is 4.40. The summed E-state index contributed by atoms with van der Waals surface area (Å²) in [5.74, 6) is 1.67. The normalized spacial score (nSPS) is 19.8. The molecule has 0 aliphatic heterocycles. The van der Waals surface area contributed by atoms with Gasteiger partial charge in [0, 0.05) is 23.2 Å². The molecule has 5 nitrogen and oxygen atoms in total. The fraction of sp³-hybridized carbons (Fsp3) is 0.565. The smallest absolute Gasteiger partial charge is 0.220 e. The highest BCUT2D eigenvalue weighted by atomic mass is 16.5. The van der Waals surface area contributed by atoms with E-state index in [0.29, 0.717) is 18.9 Å². The van der Waals surface area contributed by atoms with Crippen molar-refractivity contribution in [2.24, 2.45) is 5.92 Å². The molecule has 1 aromatic heterocycles. The lowest BCUT2D eigenvalue weighted by atomic mass is 9.86. The van der Waals surface area contributed by atoms with Crippen molar-refractivity contribution in [2.45, 2.75) is 70.4 Å². The van der Waals surface area contributed by atoms with Crippen molar-refractivity contribution >= 4 is 5.91 Å². The lowest BCUT2D eigenvalue weighted by molar-refractivity contribution is -0.123. The molecule has 1 amide bonds. The number of rotatable bonds is 6. The van der Waals surface area contributed by atoms with Crippen molar-refractivity contribution < 1.29 is 9.53 Å². The van der Waals surface area contributed by atoms with Gasteiger partial charge in [-0.25, -0.2) is 0 Å². The topological polar surface area (TPSA) is 56.1 Å². The first-order chi connectivity index (χ1) is 13.7. The highest BCUT2D eigenvalue weighted by Crippen LogP contribution is 2.32. The number of carbonyl (C=O) groups excluding carboxylic acids is 1. The largest absolute Gasteiger partial charge is 0.496 e. The van der Waals surface area contributed by atoms with E-state index >= 15 is 0 Å². The number of hydrogen-bond acceptors (Lipinski definition) is 3. The Morgan fingerprint density at radius 2 is 2.00 bits per heavy atom. The van der Waals surface area contributed by atoms with E-state index in [2.05, 4.69) is 21.2 Å². The first-order valence-electron chi connectivity index (χ1n) is 10.7. The van der Waals surface area contributed by atoms with E-state index in [1.807, 2.05) is 24.4 Å². The SMILES string of the molecule is COc1ccccc1Cn1ncc2c1CCC[C@@H]2NC(=O)CC1CCCCC1. The van der Waals surface area contributed by atoms with Gasteiger partial charge in [-0.3, -0.25) is 9.48 Å². The monoisotopic (exact) mass is 381 g/mol. The van der Waals surface area contributed by atoms with Crippen molar-refractivity contribution in [3.8, 4) is 5.75 Å². The Morgan fingerprint density at radius 1 is 1.18 bits per heavy atom. The molecule has 0 saturated heterocycles. The molecule has 1 saturated carbocycles. The lowest BCUT2D eigenvalue weighted by Gasteiger charge is -2.26. The van der Waals surface area contributed by atoms with E-state index < -0.39 is 0 Å². The fourth-order valence-corrected chi connectivity index (χ4v) is 4.81. The standard InChI is InChI=1S/C23H31N3O2/c1-28-22-13-6-5-10-18(22)16-26-21-12-7-11-20(19(21)15-24-26)25-23(27)14-17-8-3-2-4-9-17/h5-6,10,13,15,17,20H,2-4,7-9,11-12,14,16H2,1H3,(H,25,27)/t20-/m0/s1. The van der Waals surface area contributed by atoms with Crippen molar-refractivity contribution in [1.82, 2.24) is 15.1 Å². The summed E-state index contributed by atoms with van der Waals surface area (Å²) < 4.78 is 7.56. The highest BCUT2D eigenvalue weighted by Gasteiger charge is 2.27. The van der Waals surface area contributed by atoms with Crippen LogP contribution in [0.25, 0.3) is 0 Å². The average molecular weight is 382 g/mol. The van der Waals surface area contributed by atoms with E-state index in [-0.39, 0.29) is 11.9 Å². The zero-order valence-electron chi connectivity index (χ0n) is 16.8. The number of ether oxygens (including phenoxy) is 1. The third-order valence-corrected chi connectivity index (χ3v) is 6.31. The number of nitrogens with one attached hydrogen (secondary N) is 1. The van der Waals surface area contributed by atoms with Crippen molar-refractivity contribution in [2.75, 3.05) is 7.11 Å². The van der Waals surface area contributed by atoms with E-state index in [0.717, 1.165) is 30.6 Å². The maximum atomic E-state index is 12.6. The number of aromatic nitrogens is 2. The van der Waals surface area contributed by atoms with Crippen LogP contribution in [0, 0.1) is 5.92 Å². The summed E-state index contributed by atoms with van der Waals surface area (Å²) in [6.45, 7) is 0.697. The maximum Gasteiger partial charge on any atom is 0.220 e. The molecular weight excluding hydrogens is 350 g/mol. The molecule has 0 unspecified atom stereocenters. The summed E-state index contributed by atoms with van der Waals surface area (Å²) in [5.41, 5.74) is 3.57. The Balaban J connectivity index is 1.44. The van der Waals surface area contributed by atoms with Crippen LogP contribution in [0.1, 0.15) is 74.2 Å². The van der Waals surface area contributed by atoms with Gasteiger partial charge in [0.15, 0.2) is 0 Å². The van der Waals surface area contributed by atoms with Crippen LogP contribution in [0.15, 0.2) is 30.5 Å². The van der Waals surface area contributed by atoms with Gasteiger partial charge in [-0.15, -0.1) is 0 Å². The molecule has 1 fully saturated rings. The third-order valence-electron chi connectivity index (χ3n) is 6.31. The molecule has 1 heterocycles. The van der Waals surface area contributed by atoms with Gasteiger partial charge >= 0.3 is 0 Å². The summed E-state index contributed by atoms with van der Waals surface area (Å²) in [6, 6.07) is 8.19. The number of nitrogens with zero attached hydrogens (tertiary/aromatic N) is 2. The van der Waals surface area contributed by atoms with Gasteiger partial charge in [0.25, 0.3) is 0 Å². The van der Waals surface area contributed by atoms with E-state index in [4.69, 9.17) is 4.74 Å². The van der Waals surface area contributed by atoms with Crippen LogP contribution in [0.4, 0.5) is 0 Å². The van der Waals surface area contributed by atoms with Crippen molar-refractivity contribution in [1.29, 1.82) is 0 Å². The molecule has 2 aromatic rings. The molecule has 1 atom stereocenters. The van der Waals surface area contributed by atoms with Crippen LogP contribution in [-0.2, 0) is 17.8 Å². The van der Waals surface area contributed by atoms with E-state index in [9.17, 15) is 4.79 Å². The van der Waals surface area contributed by atoms with E-state index in [1.165, 1.54) is 43.4 Å². The molecule has 4 rings (SSSR count). The Labute approximate surface area is 167 Å². The first-order valence-corrected chi connectivity index (χ1v) is 10.7. The van der Waals surface area contributed by atoms with Crippen molar-refractivity contribution in [3.05, 3.63) is 47.3 Å². The number of carbonyl (C=O) groups is 1. The minimum atomic E-state index is 0.103. The summed E-state index contributed by atoms with van der Waals surface area (Å²) >= 11 is 0. The van der Waals surface area contributed by atoms with Gasteiger partial charge < -0.3 is 10.1 Å². The van der Waals surface area contributed by atoms with Crippen LogP contribution in [0.5, 0.6) is 5.75 Å². The minimum Gasteiger partial charge on any atom is -0.496 e. The molecule has 150 valence electrons. The third kappa shape index (κ3) is 4.23. The number of hydrogen-bond donors (Lipinski definition) is 1. The van der Waals surface area contributed by atoms with Crippen LogP contribution in [0.2, 0.25) is 0 Å². The van der Waals surface area contributed by atoms with Crippen LogP contribution in [-0.4, -0.2) is 22.8 Å². The van der Waals surface area contributed by atoms with Crippen LogP contribution >= 0.6 is 0 Å². The molecule has 1 aromatic carbocycles. The summed E-state index contributed by atoms with van der Waals surface area (Å²) in [4.78, 5) is 12.6. The Morgan fingerprint density at radius 3 is 2.82 bits per heavy atom. The van der Waals surface area contributed by atoms with Gasteiger partial charge in [-0.2, -0.15) is 5.10 Å². The molecule has 0 radical (unpaired) electrons. The average Bonchev–Trinajstić information content (AvgIpc) is 3.13. The number of para-hydroxylation sites is 1. The van der Waals surface area contributed by atoms with Crippen LogP contribution < -0.4 is 10.1 Å². The molecule has 2 aliphatic rings. The van der Waals surface area contributed by atoms with Gasteiger partial charge in [0.05, 0.1) is 25.9 Å². The molecule has 5 heteroatoms. The quantitative estimate of drug-likeness (QED) is 0.807. The molecule has 2 aliphatic carbocycles. The first kappa shape index (κ1) is 19.0. The minimum absolute atomic E-state index is 0.103. The van der Waals surface area contributed by atoms with Gasteiger partial charge in [-0.1, -0.05) is 37.5 Å². The zero-order chi connectivity index (χ0) is 19.3. The number of benzene rings is 1. The Hall–Kier alpha value is -2.30. The lowest BCUT2D eigenvalue weighted by Crippen LogP contribution is -2.32. The second-order valence-corrected chi connectivity index (χ2v) is 8.24.